The Labute approximate surface area is 202 Å². The maximum atomic E-state index is 13.4. The van der Waals surface area contributed by atoms with Gasteiger partial charge in [0.05, 0.1) is 6.10 Å². The molecule has 2 saturated heterocycles. The lowest BCUT2D eigenvalue weighted by Crippen LogP contribution is -2.59. The van der Waals surface area contributed by atoms with Gasteiger partial charge in [-0.2, -0.15) is 0 Å². The van der Waals surface area contributed by atoms with Gasteiger partial charge in [0.25, 0.3) is 5.91 Å². The summed E-state index contributed by atoms with van der Waals surface area (Å²) in [6.07, 6.45) is 3.74. The van der Waals surface area contributed by atoms with E-state index >= 15 is 0 Å². The molecule has 6 atom stereocenters. The van der Waals surface area contributed by atoms with E-state index in [-0.39, 0.29) is 18.6 Å². The molecule has 0 spiro atoms. The molecule has 7 nitrogen and oxygen atoms in total. The van der Waals surface area contributed by atoms with Crippen molar-refractivity contribution in [2.75, 3.05) is 6.54 Å². The number of esters is 1. The van der Waals surface area contributed by atoms with Crippen LogP contribution in [0.25, 0.3) is 0 Å². The molecule has 0 radical (unpaired) electrons. The Kier molecular flexibility index (Phi) is 8.88. The lowest BCUT2D eigenvalue weighted by molar-refractivity contribution is -0.225. The number of ketones is 1. The molecule has 0 aliphatic carbocycles. The predicted molar refractivity (Wildman–Crippen MR) is 128 cm³/mol. The summed E-state index contributed by atoms with van der Waals surface area (Å²) in [5.74, 6) is -4.86. The Morgan fingerprint density at radius 2 is 1.85 bits per heavy atom. The Morgan fingerprint density at radius 1 is 1.15 bits per heavy atom. The second-order valence-electron chi connectivity index (χ2n) is 9.81. The van der Waals surface area contributed by atoms with E-state index < -0.39 is 41.5 Å². The predicted octanol–water partition coefficient (Wildman–Crippen LogP) is 3.66. The van der Waals surface area contributed by atoms with Crippen LogP contribution in [0.3, 0.4) is 0 Å². The van der Waals surface area contributed by atoms with Crippen molar-refractivity contribution in [2.45, 2.75) is 96.7 Å². The molecule has 1 amide bonds. The van der Waals surface area contributed by atoms with E-state index in [0.29, 0.717) is 32.1 Å². The van der Waals surface area contributed by atoms with Crippen LogP contribution in [0.5, 0.6) is 0 Å². The number of carbonyl (C=O) groups is 3. The molecule has 7 heteroatoms. The lowest BCUT2D eigenvalue weighted by Gasteiger charge is -2.34. The molecule has 3 rings (SSSR count). The van der Waals surface area contributed by atoms with E-state index in [1.165, 1.54) is 10.5 Å². The van der Waals surface area contributed by atoms with E-state index in [1.54, 1.807) is 13.8 Å². The normalized spacial score (nSPS) is 29.4. The number of nitrogens with zero attached hydrogens (tertiary/aromatic N) is 1. The van der Waals surface area contributed by atoms with Crippen molar-refractivity contribution in [2.24, 2.45) is 11.8 Å². The van der Waals surface area contributed by atoms with Crippen molar-refractivity contribution in [1.82, 2.24) is 4.90 Å². The largest absolute Gasteiger partial charge is 0.461 e. The first kappa shape index (κ1) is 26.4. The van der Waals surface area contributed by atoms with Gasteiger partial charge < -0.3 is 19.5 Å². The number of aliphatic hydroxyl groups is 1. The fourth-order valence-corrected chi connectivity index (χ4v) is 5.16. The highest BCUT2D eigenvalue weighted by molar-refractivity contribution is 6.09. The van der Waals surface area contributed by atoms with Gasteiger partial charge in [-0.05, 0) is 63.4 Å². The average molecular weight is 474 g/mol. The molecule has 1 aromatic carbocycles. The zero-order chi connectivity index (χ0) is 24.9. The fraction of sp³-hybridized carbons (Fsp3) is 0.667. The van der Waals surface area contributed by atoms with Crippen LogP contribution in [-0.2, 0) is 30.3 Å². The van der Waals surface area contributed by atoms with Gasteiger partial charge in [0.2, 0.25) is 5.78 Å². The minimum absolute atomic E-state index is 0.152. The number of ether oxygens (including phenoxy) is 2. The molecule has 6 unspecified atom stereocenters. The summed E-state index contributed by atoms with van der Waals surface area (Å²) >= 11 is 0. The topological polar surface area (TPSA) is 93.1 Å². The van der Waals surface area contributed by atoms with E-state index in [0.717, 1.165) is 12.8 Å². The molecule has 1 N–H and O–H groups in total. The van der Waals surface area contributed by atoms with Gasteiger partial charge in [-0.15, -0.1) is 0 Å². The molecule has 0 aromatic heterocycles. The lowest BCUT2D eigenvalue weighted by atomic mass is 9.90. The molecular weight excluding hydrogens is 434 g/mol. The molecule has 1 aromatic rings. The number of hydrogen-bond donors (Lipinski definition) is 1. The molecule has 188 valence electrons. The van der Waals surface area contributed by atoms with Crippen molar-refractivity contribution in [3.63, 3.8) is 0 Å². The standard InChI is InChI=1S/C27H39NO6/c1-5-21(17-20-11-8-7-9-12-20)23(6-2)33-25(30)22-13-10-16-28(22)26(31)27(32)24(29)18(3)14-15-19(4)34-27/h7-9,11-12,18-19,21-23,32H,5-6,10,13-17H2,1-4H3. The Balaban J connectivity index is 1.73. The summed E-state index contributed by atoms with van der Waals surface area (Å²) in [6.45, 7) is 7.79. The van der Waals surface area contributed by atoms with E-state index in [2.05, 4.69) is 19.1 Å². The van der Waals surface area contributed by atoms with Crippen molar-refractivity contribution in [1.29, 1.82) is 0 Å². The van der Waals surface area contributed by atoms with Crippen molar-refractivity contribution in [3.8, 4) is 0 Å². The first-order valence-corrected chi connectivity index (χ1v) is 12.7. The summed E-state index contributed by atoms with van der Waals surface area (Å²) in [6, 6.07) is 9.29. The highest BCUT2D eigenvalue weighted by atomic mass is 16.6. The van der Waals surface area contributed by atoms with Crippen LogP contribution in [0, 0.1) is 11.8 Å². The molecule has 0 bridgehead atoms. The first-order valence-electron chi connectivity index (χ1n) is 12.7. The average Bonchev–Trinajstić information content (AvgIpc) is 3.30. The minimum Gasteiger partial charge on any atom is -0.461 e. The van der Waals surface area contributed by atoms with Crippen LogP contribution < -0.4 is 0 Å². The Bertz CT molecular complexity index is 858. The van der Waals surface area contributed by atoms with Gasteiger partial charge in [0.1, 0.15) is 12.1 Å². The quantitative estimate of drug-likeness (QED) is 0.458. The summed E-state index contributed by atoms with van der Waals surface area (Å²) < 4.78 is 11.5. The second kappa shape index (κ2) is 11.5. The van der Waals surface area contributed by atoms with E-state index in [1.807, 2.05) is 25.1 Å². The number of Topliss-reactive ketones (excluding diaryl/α,β-unsaturated/α-hetero) is 1. The second-order valence-corrected chi connectivity index (χ2v) is 9.81. The van der Waals surface area contributed by atoms with Crippen molar-refractivity contribution in [3.05, 3.63) is 35.9 Å². The highest BCUT2D eigenvalue weighted by Gasteiger charge is 2.54. The number of carbonyl (C=O) groups excluding carboxylic acids is 3. The van der Waals surface area contributed by atoms with Crippen LogP contribution in [0.2, 0.25) is 0 Å². The summed E-state index contributed by atoms with van der Waals surface area (Å²) in [4.78, 5) is 40.8. The van der Waals surface area contributed by atoms with Gasteiger partial charge >= 0.3 is 11.8 Å². The van der Waals surface area contributed by atoms with Crippen molar-refractivity contribution < 1.29 is 29.0 Å². The SMILES string of the molecule is CCC(Cc1ccccc1)C(CC)OC(=O)C1CCCN1C(=O)C1(O)OC(C)CCC(C)C1=O. The third-order valence-electron chi connectivity index (χ3n) is 7.30. The molecule has 2 fully saturated rings. The monoisotopic (exact) mass is 473 g/mol. The summed E-state index contributed by atoms with van der Waals surface area (Å²) in [5, 5.41) is 11.1. The first-order chi connectivity index (χ1) is 16.2. The van der Waals surface area contributed by atoms with Crippen LogP contribution in [0.15, 0.2) is 30.3 Å². The highest BCUT2D eigenvalue weighted by Crippen LogP contribution is 2.32. The Morgan fingerprint density at radius 3 is 2.50 bits per heavy atom. The van der Waals surface area contributed by atoms with E-state index in [4.69, 9.17) is 9.47 Å². The zero-order valence-corrected chi connectivity index (χ0v) is 20.9. The number of amides is 1. The maximum Gasteiger partial charge on any atom is 0.329 e. The van der Waals surface area contributed by atoms with E-state index in [9.17, 15) is 19.5 Å². The van der Waals surface area contributed by atoms with Gasteiger partial charge in [-0.25, -0.2) is 4.79 Å². The summed E-state index contributed by atoms with van der Waals surface area (Å²) in [5.41, 5.74) is 1.19. The van der Waals surface area contributed by atoms with Crippen LogP contribution in [-0.4, -0.2) is 58.2 Å². The molecule has 2 heterocycles. The third kappa shape index (κ3) is 5.69. The molecule has 34 heavy (non-hydrogen) atoms. The number of rotatable bonds is 8. The van der Waals surface area contributed by atoms with Gasteiger partial charge in [-0.3, -0.25) is 9.59 Å². The minimum atomic E-state index is -2.55. The maximum absolute atomic E-state index is 13.4. The molecule has 2 aliphatic rings. The fourth-order valence-electron chi connectivity index (χ4n) is 5.16. The van der Waals surface area contributed by atoms with Crippen LogP contribution in [0.1, 0.15) is 71.8 Å². The molecule has 0 saturated carbocycles. The van der Waals surface area contributed by atoms with Crippen LogP contribution in [0.4, 0.5) is 0 Å². The van der Waals surface area contributed by atoms with Gasteiger partial charge in [0.15, 0.2) is 0 Å². The van der Waals surface area contributed by atoms with Gasteiger partial charge in [-0.1, -0.05) is 51.1 Å². The third-order valence-corrected chi connectivity index (χ3v) is 7.30. The van der Waals surface area contributed by atoms with Crippen molar-refractivity contribution >= 4 is 17.7 Å². The van der Waals surface area contributed by atoms with Crippen LogP contribution >= 0.6 is 0 Å². The Hall–Kier alpha value is -2.25. The van der Waals surface area contributed by atoms with Gasteiger partial charge in [0, 0.05) is 12.5 Å². The smallest absolute Gasteiger partial charge is 0.329 e. The molecular formula is C27H39NO6. The number of likely N-dealkylation sites (tertiary alicyclic amines) is 1. The number of hydrogen-bond acceptors (Lipinski definition) is 6. The molecule has 2 aliphatic heterocycles. The summed E-state index contributed by atoms with van der Waals surface area (Å²) in [7, 11) is 0. The number of benzene rings is 1. The zero-order valence-electron chi connectivity index (χ0n) is 20.9.